The van der Waals surface area contributed by atoms with Gasteiger partial charge in [-0.05, 0) is 44.1 Å². The number of furan rings is 1. The van der Waals surface area contributed by atoms with E-state index in [1.807, 2.05) is 0 Å². The van der Waals surface area contributed by atoms with Crippen LogP contribution in [0.4, 0.5) is 17.7 Å². The van der Waals surface area contributed by atoms with Gasteiger partial charge in [0.05, 0.1) is 12.5 Å². The van der Waals surface area contributed by atoms with Gasteiger partial charge in [-0.2, -0.15) is 0 Å². The van der Waals surface area contributed by atoms with E-state index < -0.39 is 30.4 Å². The van der Waals surface area contributed by atoms with Gasteiger partial charge < -0.3 is 27.0 Å². The third kappa shape index (κ3) is 5.02. The third-order valence-electron chi connectivity index (χ3n) is 3.47. The zero-order valence-corrected chi connectivity index (χ0v) is 16.3. The number of hydrogen-bond acceptors (Lipinski definition) is 3. The molecule has 1 aromatic heterocycles. The Bertz CT molecular complexity index is 502. The number of amides is 1. The van der Waals surface area contributed by atoms with Gasteiger partial charge in [-0.1, -0.05) is 0 Å². The number of carbonyl (C=O) groups excluding carboxylic acids is 1. The van der Waals surface area contributed by atoms with Gasteiger partial charge >= 0.3 is 64.5 Å². The number of ether oxygens (including phenoxy) is 1. The van der Waals surface area contributed by atoms with Crippen molar-refractivity contribution in [2.24, 2.45) is 0 Å². The quantitative estimate of drug-likeness (QED) is 0.748. The molecule has 1 aromatic rings. The predicted octanol–water partition coefficient (Wildman–Crippen LogP) is 0.836. The first kappa shape index (κ1) is 20.1. The summed E-state index contributed by atoms with van der Waals surface area (Å²) < 4.78 is 49.7. The van der Waals surface area contributed by atoms with Crippen LogP contribution < -0.4 is 51.4 Å². The largest absolute Gasteiger partial charge is 1.00 e. The first-order chi connectivity index (χ1) is 9.58. The Morgan fingerprint density at radius 1 is 1.36 bits per heavy atom. The molecule has 4 nitrogen and oxygen atoms in total. The molecule has 0 aliphatic carbocycles. The van der Waals surface area contributed by atoms with Crippen molar-refractivity contribution in [1.82, 2.24) is 4.90 Å². The first-order valence-electron chi connectivity index (χ1n) is 6.78. The Labute approximate surface area is 170 Å². The molecule has 1 amide bonds. The molecule has 0 spiro atoms. The molecule has 22 heavy (non-hydrogen) atoms. The van der Waals surface area contributed by atoms with E-state index in [1.165, 1.54) is 18.6 Å². The maximum absolute atomic E-state index is 13.2. The second-order valence-electron chi connectivity index (χ2n) is 6.34. The smallest absolute Gasteiger partial charge is 0.472 e. The van der Waals surface area contributed by atoms with Gasteiger partial charge in [0.15, 0.2) is 0 Å². The standard InChI is InChI=1S/C13H18BF3NO3.K/c1-13(2,3)21-12(19)18-6-10(9-4-5-20-8-9)11(7-18)14(15,16)17;/h4-5,8,10-11H,6-7H2,1-3H3;/q-1;+1. The fourth-order valence-corrected chi connectivity index (χ4v) is 2.53. The monoisotopic (exact) mass is 343 g/mol. The number of likely N-dealkylation sites (tertiary alicyclic amines) is 1. The molecule has 1 aliphatic rings. The van der Waals surface area contributed by atoms with Crippen molar-refractivity contribution >= 4 is 13.1 Å². The summed E-state index contributed by atoms with van der Waals surface area (Å²) in [6.07, 6.45) is 1.93. The molecule has 0 aromatic carbocycles. The number of halogens is 3. The Balaban J connectivity index is 0.00000242. The summed E-state index contributed by atoms with van der Waals surface area (Å²) in [7, 11) is 0. The molecule has 0 radical (unpaired) electrons. The number of hydrogen-bond donors (Lipinski definition) is 0. The zero-order chi connectivity index (χ0) is 15.8. The van der Waals surface area contributed by atoms with Gasteiger partial charge in [-0.3, -0.25) is 0 Å². The van der Waals surface area contributed by atoms with Crippen molar-refractivity contribution in [3.8, 4) is 0 Å². The molecule has 0 saturated carbocycles. The fraction of sp³-hybridized carbons (Fsp3) is 0.615. The van der Waals surface area contributed by atoms with Gasteiger partial charge in [0, 0.05) is 13.1 Å². The van der Waals surface area contributed by atoms with Crippen LogP contribution in [0, 0.1) is 0 Å². The van der Waals surface area contributed by atoms with Crippen LogP contribution in [0.1, 0.15) is 32.3 Å². The van der Waals surface area contributed by atoms with Crippen LogP contribution in [0.15, 0.2) is 23.0 Å². The molecular weight excluding hydrogens is 325 g/mol. The molecule has 2 heterocycles. The van der Waals surface area contributed by atoms with Crippen molar-refractivity contribution in [2.75, 3.05) is 13.1 Å². The van der Waals surface area contributed by atoms with Crippen molar-refractivity contribution in [1.29, 1.82) is 0 Å². The molecule has 1 fully saturated rings. The molecule has 2 atom stereocenters. The van der Waals surface area contributed by atoms with Crippen molar-refractivity contribution in [3.05, 3.63) is 24.2 Å². The molecule has 1 saturated heterocycles. The molecule has 118 valence electrons. The summed E-state index contributed by atoms with van der Waals surface area (Å²) in [6, 6.07) is 1.51. The van der Waals surface area contributed by atoms with E-state index in [0.29, 0.717) is 5.56 Å². The SMILES string of the molecule is CC(C)(C)OC(=O)N1CC(c2ccoc2)C([B-](F)(F)F)C1.[K+]. The Morgan fingerprint density at radius 2 is 2.00 bits per heavy atom. The average molecular weight is 343 g/mol. The van der Waals surface area contributed by atoms with E-state index >= 15 is 0 Å². The summed E-state index contributed by atoms with van der Waals surface area (Å²) in [6.45, 7) is -0.393. The number of carbonyl (C=O) groups is 1. The Hall–Kier alpha value is 0.0413. The Kier molecular flexibility index (Phi) is 6.66. The van der Waals surface area contributed by atoms with Crippen molar-refractivity contribution in [3.63, 3.8) is 0 Å². The van der Waals surface area contributed by atoms with E-state index in [-0.39, 0.29) is 64.5 Å². The van der Waals surface area contributed by atoms with E-state index in [0.717, 1.165) is 4.90 Å². The zero-order valence-electron chi connectivity index (χ0n) is 13.2. The minimum absolute atomic E-state index is 0. The summed E-state index contributed by atoms with van der Waals surface area (Å²) in [5, 5.41) is 0. The molecule has 1 aliphatic heterocycles. The maximum Gasteiger partial charge on any atom is 1.00 e. The van der Waals surface area contributed by atoms with Gasteiger partial charge in [0.25, 0.3) is 0 Å². The van der Waals surface area contributed by atoms with Crippen molar-refractivity contribution < 1.29 is 78.3 Å². The van der Waals surface area contributed by atoms with Crippen LogP contribution in [-0.4, -0.2) is 36.7 Å². The molecule has 2 rings (SSSR count). The van der Waals surface area contributed by atoms with Crippen molar-refractivity contribution in [2.45, 2.75) is 38.1 Å². The Morgan fingerprint density at radius 3 is 2.45 bits per heavy atom. The van der Waals surface area contributed by atoms with Crippen LogP contribution >= 0.6 is 0 Å². The average Bonchev–Trinajstić information content (AvgIpc) is 2.94. The minimum atomic E-state index is -5.05. The van der Waals surface area contributed by atoms with Gasteiger partial charge in [-0.15, -0.1) is 0 Å². The summed E-state index contributed by atoms with van der Waals surface area (Å²) >= 11 is 0. The van der Waals surface area contributed by atoms with E-state index in [2.05, 4.69) is 0 Å². The number of nitrogens with zero attached hydrogens (tertiary/aromatic N) is 1. The molecular formula is C13H18BF3KNO3. The summed E-state index contributed by atoms with van der Waals surface area (Å²) in [5.41, 5.74) is -0.269. The first-order valence-corrected chi connectivity index (χ1v) is 6.78. The summed E-state index contributed by atoms with van der Waals surface area (Å²) in [4.78, 5) is 13.1. The molecule has 0 bridgehead atoms. The van der Waals surface area contributed by atoms with Crippen LogP contribution in [0.2, 0.25) is 5.82 Å². The van der Waals surface area contributed by atoms with E-state index in [4.69, 9.17) is 9.15 Å². The fourth-order valence-electron chi connectivity index (χ4n) is 2.53. The van der Waals surface area contributed by atoms with Crippen LogP contribution in [-0.2, 0) is 4.74 Å². The van der Waals surface area contributed by atoms with E-state index in [1.54, 1.807) is 20.8 Å². The van der Waals surface area contributed by atoms with Crippen LogP contribution in [0.5, 0.6) is 0 Å². The molecule has 0 N–H and O–H groups in total. The van der Waals surface area contributed by atoms with Gasteiger partial charge in [0.2, 0.25) is 0 Å². The topological polar surface area (TPSA) is 42.7 Å². The molecule has 9 heteroatoms. The van der Waals surface area contributed by atoms with Gasteiger partial charge in [-0.25, -0.2) is 4.79 Å². The summed E-state index contributed by atoms with van der Waals surface area (Å²) in [5.74, 6) is -2.34. The molecule has 2 unspecified atom stereocenters. The third-order valence-corrected chi connectivity index (χ3v) is 3.47. The second-order valence-corrected chi connectivity index (χ2v) is 6.34. The minimum Gasteiger partial charge on any atom is -0.472 e. The van der Waals surface area contributed by atoms with Gasteiger partial charge in [0.1, 0.15) is 5.60 Å². The normalized spacial score (nSPS) is 22.4. The maximum atomic E-state index is 13.2. The van der Waals surface area contributed by atoms with Crippen LogP contribution in [0.25, 0.3) is 0 Å². The number of rotatable bonds is 2. The second kappa shape index (κ2) is 7.29. The van der Waals surface area contributed by atoms with E-state index in [9.17, 15) is 17.7 Å². The van der Waals surface area contributed by atoms with Crippen LogP contribution in [0.3, 0.4) is 0 Å². The predicted molar refractivity (Wildman–Crippen MR) is 72.1 cm³/mol.